The molecule has 18 heavy (non-hydrogen) atoms. The van der Waals surface area contributed by atoms with Crippen LogP contribution >= 0.6 is 43.2 Å². The van der Waals surface area contributed by atoms with Gasteiger partial charge >= 0.3 is 0 Å². The van der Waals surface area contributed by atoms with E-state index in [4.69, 9.17) is 0 Å². The first-order valence-corrected chi connectivity index (χ1v) is 8.13. The summed E-state index contributed by atoms with van der Waals surface area (Å²) < 4.78 is 2.07. The van der Waals surface area contributed by atoms with Gasteiger partial charge in [0, 0.05) is 4.47 Å². The van der Waals surface area contributed by atoms with Gasteiger partial charge in [-0.1, -0.05) is 56.5 Å². The smallest absolute Gasteiger partial charge is 0.239 e. The van der Waals surface area contributed by atoms with Gasteiger partial charge in [-0.25, -0.2) is 4.98 Å². The lowest BCUT2D eigenvalue weighted by atomic mass is 10.2. The third-order valence-electron chi connectivity index (χ3n) is 2.41. The summed E-state index contributed by atoms with van der Waals surface area (Å²) in [7, 11) is 0. The fraction of sp³-hybridized carbons (Fsp3) is 0.333. The Balaban J connectivity index is 2.14. The Labute approximate surface area is 126 Å². The molecule has 2 rings (SSSR count). The van der Waals surface area contributed by atoms with Gasteiger partial charge in [0.05, 0.1) is 15.0 Å². The highest BCUT2D eigenvalue weighted by atomic mass is 79.9. The van der Waals surface area contributed by atoms with E-state index in [1.54, 1.807) is 0 Å². The third-order valence-corrected chi connectivity index (χ3v) is 4.71. The lowest BCUT2D eigenvalue weighted by Gasteiger charge is -2.06. The van der Waals surface area contributed by atoms with E-state index < -0.39 is 0 Å². The molecule has 1 amide bonds. The van der Waals surface area contributed by atoms with Crippen LogP contribution in [-0.4, -0.2) is 15.7 Å². The quantitative estimate of drug-likeness (QED) is 0.776. The molecule has 1 aromatic heterocycles. The lowest BCUT2D eigenvalue weighted by molar-refractivity contribution is -0.115. The van der Waals surface area contributed by atoms with Crippen molar-refractivity contribution in [2.75, 3.05) is 5.32 Å². The molecule has 0 spiro atoms. The number of hydrogen-bond donors (Lipinski definition) is 1. The molecule has 0 saturated carbocycles. The summed E-state index contributed by atoms with van der Waals surface area (Å²) in [4.78, 5) is 16.1. The topological polar surface area (TPSA) is 42.0 Å². The molecule has 2 aromatic rings. The number of amides is 1. The standard InChI is InChI=1S/C12H12Br2N2OS/c1-2-3-8(14)11(17)16-12-15-9-5-4-7(13)6-10(9)18-12/h4-6,8H,2-3H2,1H3,(H,15,16,17)/t8-/m0/s1. The van der Waals surface area contributed by atoms with Crippen molar-refractivity contribution in [1.29, 1.82) is 0 Å². The van der Waals surface area contributed by atoms with Crippen molar-refractivity contribution in [3.63, 3.8) is 0 Å². The van der Waals surface area contributed by atoms with Crippen LogP contribution in [0.4, 0.5) is 5.13 Å². The molecule has 6 heteroatoms. The first kappa shape index (κ1) is 14.0. The van der Waals surface area contributed by atoms with Crippen molar-refractivity contribution in [2.45, 2.75) is 24.6 Å². The van der Waals surface area contributed by atoms with E-state index in [1.807, 2.05) is 18.2 Å². The normalized spacial score (nSPS) is 12.6. The van der Waals surface area contributed by atoms with Crippen molar-refractivity contribution in [3.8, 4) is 0 Å². The van der Waals surface area contributed by atoms with Gasteiger partial charge in [-0.3, -0.25) is 4.79 Å². The van der Waals surface area contributed by atoms with Gasteiger partial charge in [0.25, 0.3) is 0 Å². The number of hydrogen-bond acceptors (Lipinski definition) is 3. The minimum absolute atomic E-state index is 0.0324. The van der Waals surface area contributed by atoms with E-state index in [1.165, 1.54) is 11.3 Å². The zero-order chi connectivity index (χ0) is 13.1. The maximum atomic E-state index is 11.8. The predicted octanol–water partition coefficient (Wildman–Crippen LogP) is 4.56. The number of fused-ring (bicyclic) bond motifs is 1. The summed E-state index contributed by atoms with van der Waals surface area (Å²) >= 11 is 8.28. The number of rotatable bonds is 4. The van der Waals surface area contributed by atoms with Crippen LogP contribution in [0.15, 0.2) is 22.7 Å². The number of anilines is 1. The van der Waals surface area contributed by atoms with Gasteiger partial charge in [0.2, 0.25) is 5.91 Å². The van der Waals surface area contributed by atoms with Crippen LogP contribution in [0.25, 0.3) is 10.2 Å². The maximum absolute atomic E-state index is 11.8. The Bertz CT molecular complexity index is 570. The second kappa shape index (κ2) is 6.12. The molecule has 0 aliphatic carbocycles. The summed E-state index contributed by atoms with van der Waals surface area (Å²) in [5.41, 5.74) is 0.903. The Morgan fingerprint density at radius 3 is 3.06 bits per heavy atom. The predicted molar refractivity (Wildman–Crippen MR) is 83.6 cm³/mol. The van der Waals surface area contributed by atoms with Crippen LogP contribution in [0.5, 0.6) is 0 Å². The molecule has 0 saturated heterocycles. The number of halogens is 2. The van der Waals surface area contributed by atoms with E-state index in [9.17, 15) is 4.79 Å². The van der Waals surface area contributed by atoms with Crippen molar-refractivity contribution in [1.82, 2.24) is 4.98 Å². The van der Waals surface area contributed by atoms with E-state index in [2.05, 4.69) is 49.1 Å². The molecule has 0 radical (unpaired) electrons. The fourth-order valence-corrected chi connectivity index (χ4v) is 3.51. The van der Waals surface area contributed by atoms with Crippen molar-refractivity contribution < 1.29 is 4.79 Å². The molecule has 3 nitrogen and oxygen atoms in total. The fourth-order valence-electron chi connectivity index (χ4n) is 1.52. The molecule has 0 aliphatic heterocycles. The molecule has 1 N–H and O–H groups in total. The first-order chi connectivity index (χ1) is 8.60. The minimum Gasteiger partial charge on any atom is -0.301 e. The molecule has 1 aromatic carbocycles. The average Bonchev–Trinajstić information content (AvgIpc) is 2.70. The monoisotopic (exact) mass is 390 g/mol. The number of thiazole rings is 1. The lowest BCUT2D eigenvalue weighted by Crippen LogP contribution is -2.22. The zero-order valence-electron chi connectivity index (χ0n) is 9.74. The Morgan fingerprint density at radius 1 is 1.56 bits per heavy atom. The molecule has 0 bridgehead atoms. The SMILES string of the molecule is CCC[C@H](Br)C(=O)Nc1nc2ccc(Br)cc2s1. The summed E-state index contributed by atoms with van der Waals surface area (Å²) in [5.74, 6) is -0.0324. The Hall–Kier alpha value is -0.460. The molecule has 0 unspecified atom stereocenters. The summed E-state index contributed by atoms with van der Waals surface area (Å²) in [6.45, 7) is 2.05. The van der Waals surface area contributed by atoms with Gasteiger partial charge in [0.1, 0.15) is 0 Å². The molecular weight excluding hydrogens is 380 g/mol. The maximum Gasteiger partial charge on any atom is 0.239 e. The van der Waals surface area contributed by atoms with Crippen molar-refractivity contribution in [3.05, 3.63) is 22.7 Å². The molecule has 1 atom stereocenters. The molecule has 96 valence electrons. The van der Waals surface area contributed by atoms with E-state index in [-0.39, 0.29) is 10.7 Å². The van der Waals surface area contributed by atoms with Crippen molar-refractivity contribution >= 4 is 64.5 Å². The summed E-state index contributed by atoms with van der Waals surface area (Å²) in [5, 5.41) is 3.49. The molecular formula is C12H12Br2N2OS. The minimum atomic E-state index is -0.152. The Kier molecular flexibility index (Phi) is 4.75. The highest BCUT2D eigenvalue weighted by Gasteiger charge is 2.15. The number of benzene rings is 1. The highest BCUT2D eigenvalue weighted by Crippen LogP contribution is 2.28. The molecule has 0 fully saturated rings. The number of nitrogens with one attached hydrogen (secondary N) is 1. The van der Waals surface area contributed by atoms with Crippen LogP contribution in [0, 0.1) is 0 Å². The second-order valence-corrected chi connectivity index (χ2v) is 6.93. The van der Waals surface area contributed by atoms with Gasteiger partial charge in [-0.2, -0.15) is 0 Å². The van der Waals surface area contributed by atoms with E-state index >= 15 is 0 Å². The molecule has 1 heterocycles. The summed E-state index contributed by atoms with van der Waals surface area (Å²) in [6, 6.07) is 5.88. The van der Waals surface area contributed by atoms with Gasteiger partial charge in [0.15, 0.2) is 5.13 Å². The first-order valence-electron chi connectivity index (χ1n) is 5.61. The van der Waals surface area contributed by atoms with Crippen LogP contribution < -0.4 is 5.32 Å². The number of alkyl halides is 1. The summed E-state index contributed by atoms with van der Waals surface area (Å²) in [6.07, 6.45) is 1.79. The van der Waals surface area contributed by atoms with Gasteiger partial charge in [-0.15, -0.1) is 0 Å². The van der Waals surface area contributed by atoms with Crippen LogP contribution in [0.3, 0.4) is 0 Å². The zero-order valence-corrected chi connectivity index (χ0v) is 13.7. The van der Waals surface area contributed by atoms with Crippen LogP contribution in [0.1, 0.15) is 19.8 Å². The number of carbonyl (C=O) groups is 1. The number of carbonyl (C=O) groups excluding carboxylic acids is 1. The molecule has 0 aliphatic rings. The van der Waals surface area contributed by atoms with Crippen LogP contribution in [-0.2, 0) is 4.79 Å². The second-order valence-electron chi connectivity index (χ2n) is 3.88. The average molecular weight is 392 g/mol. The van der Waals surface area contributed by atoms with Crippen LogP contribution in [0.2, 0.25) is 0 Å². The van der Waals surface area contributed by atoms with Gasteiger partial charge in [-0.05, 0) is 24.6 Å². The number of nitrogens with zero attached hydrogens (tertiary/aromatic N) is 1. The van der Waals surface area contributed by atoms with Crippen molar-refractivity contribution in [2.24, 2.45) is 0 Å². The van der Waals surface area contributed by atoms with E-state index in [0.717, 1.165) is 27.5 Å². The Morgan fingerprint density at radius 2 is 2.33 bits per heavy atom. The van der Waals surface area contributed by atoms with Gasteiger partial charge < -0.3 is 5.32 Å². The largest absolute Gasteiger partial charge is 0.301 e. The third kappa shape index (κ3) is 3.30. The van der Waals surface area contributed by atoms with E-state index in [0.29, 0.717) is 5.13 Å². The number of aromatic nitrogens is 1. The highest BCUT2D eigenvalue weighted by molar-refractivity contribution is 9.10.